The molecular weight excluding hydrogens is 252 g/mol. The Morgan fingerprint density at radius 2 is 1.65 bits per heavy atom. The van der Waals surface area contributed by atoms with Crippen LogP contribution >= 0.6 is 0 Å². The minimum atomic E-state index is 0.778. The summed E-state index contributed by atoms with van der Waals surface area (Å²) in [5.74, 6) is 0. The highest BCUT2D eigenvalue weighted by Crippen LogP contribution is 2.12. The van der Waals surface area contributed by atoms with Crippen LogP contribution in [0, 0.1) is 0 Å². The third-order valence-corrected chi connectivity index (χ3v) is 3.41. The first-order valence-electron chi connectivity index (χ1n) is 7.31. The Morgan fingerprint density at radius 3 is 2.35 bits per heavy atom. The largest absolute Gasteiger partial charge is 0.399 e. The lowest BCUT2D eigenvalue weighted by molar-refractivity contribution is 0.132. The van der Waals surface area contributed by atoms with E-state index in [1.165, 1.54) is 5.56 Å². The summed E-state index contributed by atoms with van der Waals surface area (Å²) >= 11 is 0. The summed E-state index contributed by atoms with van der Waals surface area (Å²) in [6.45, 7) is 4.70. The molecule has 0 aliphatic rings. The molecule has 0 unspecified atom stereocenters. The SMILES string of the molecule is COCCCN(CCCc1ccccc1N)CCOC. The molecule has 0 saturated heterocycles. The normalized spacial score (nSPS) is 11.2. The maximum absolute atomic E-state index is 5.97. The van der Waals surface area contributed by atoms with Crippen LogP contribution in [-0.2, 0) is 15.9 Å². The number of hydrogen-bond acceptors (Lipinski definition) is 4. The number of nitrogen functional groups attached to an aromatic ring is 1. The van der Waals surface area contributed by atoms with Gasteiger partial charge < -0.3 is 20.1 Å². The number of anilines is 1. The highest BCUT2D eigenvalue weighted by molar-refractivity contribution is 5.46. The summed E-state index contributed by atoms with van der Waals surface area (Å²) in [5.41, 5.74) is 8.11. The van der Waals surface area contributed by atoms with Crippen molar-refractivity contribution in [2.45, 2.75) is 19.3 Å². The predicted octanol–water partition coefficient (Wildman–Crippen LogP) is 2.19. The van der Waals surface area contributed by atoms with Gasteiger partial charge in [-0.1, -0.05) is 18.2 Å². The first-order valence-corrected chi connectivity index (χ1v) is 7.31. The summed E-state index contributed by atoms with van der Waals surface area (Å²) < 4.78 is 10.3. The number of aryl methyl sites for hydroxylation is 1. The van der Waals surface area contributed by atoms with Crippen LogP contribution in [-0.4, -0.2) is 52.0 Å². The van der Waals surface area contributed by atoms with Crippen LogP contribution in [0.2, 0.25) is 0 Å². The Bertz CT molecular complexity index is 358. The molecule has 0 heterocycles. The van der Waals surface area contributed by atoms with Gasteiger partial charge in [0.05, 0.1) is 6.61 Å². The summed E-state index contributed by atoms with van der Waals surface area (Å²) in [6, 6.07) is 8.11. The van der Waals surface area contributed by atoms with Gasteiger partial charge >= 0.3 is 0 Å². The lowest BCUT2D eigenvalue weighted by Gasteiger charge is -2.21. The zero-order valence-corrected chi connectivity index (χ0v) is 12.8. The van der Waals surface area contributed by atoms with Gasteiger partial charge in [0.15, 0.2) is 0 Å². The van der Waals surface area contributed by atoms with Crippen molar-refractivity contribution in [1.82, 2.24) is 4.90 Å². The molecule has 4 nitrogen and oxygen atoms in total. The van der Waals surface area contributed by atoms with E-state index in [0.29, 0.717) is 0 Å². The number of nitrogens with zero attached hydrogens (tertiary/aromatic N) is 1. The zero-order chi connectivity index (χ0) is 14.6. The zero-order valence-electron chi connectivity index (χ0n) is 12.8. The fraction of sp³-hybridized carbons (Fsp3) is 0.625. The number of para-hydroxylation sites is 1. The van der Waals surface area contributed by atoms with Crippen molar-refractivity contribution in [3.63, 3.8) is 0 Å². The first kappa shape index (κ1) is 17.0. The van der Waals surface area contributed by atoms with Crippen molar-refractivity contribution < 1.29 is 9.47 Å². The third-order valence-electron chi connectivity index (χ3n) is 3.41. The van der Waals surface area contributed by atoms with E-state index in [1.54, 1.807) is 14.2 Å². The quantitative estimate of drug-likeness (QED) is 0.498. The van der Waals surface area contributed by atoms with Gasteiger partial charge in [0.1, 0.15) is 0 Å². The molecule has 0 spiro atoms. The summed E-state index contributed by atoms with van der Waals surface area (Å²) in [6.07, 6.45) is 3.21. The molecule has 1 aromatic carbocycles. The molecule has 0 bridgehead atoms. The number of rotatable bonds is 11. The molecule has 0 aromatic heterocycles. The lowest BCUT2D eigenvalue weighted by atomic mass is 10.1. The first-order chi connectivity index (χ1) is 9.77. The van der Waals surface area contributed by atoms with Gasteiger partial charge in [-0.3, -0.25) is 0 Å². The van der Waals surface area contributed by atoms with Crippen LogP contribution in [0.3, 0.4) is 0 Å². The van der Waals surface area contributed by atoms with Crippen LogP contribution in [0.1, 0.15) is 18.4 Å². The lowest BCUT2D eigenvalue weighted by Crippen LogP contribution is -2.30. The fourth-order valence-electron chi connectivity index (χ4n) is 2.24. The van der Waals surface area contributed by atoms with E-state index >= 15 is 0 Å². The molecule has 0 amide bonds. The van der Waals surface area contributed by atoms with Crippen LogP contribution in [0.25, 0.3) is 0 Å². The molecule has 4 heteroatoms. The van der Waals surface area contributed by atoms with Gasteiger partial charge in [-0.2, -0.15) is 0 Å². The average molecular weight is 280 g/mol. The van der Waals surface area contributed by atoms with Crippen molar-refractivity contribution in [3.8, 4) is 0 Å². The summed E-state index contributed by atoms with van der Waals surface area (Å²) in [5, 5.41) is 0. The van der Waals surface area contributed by atoms with Crippen molar-refractivity contribution >= 4 is 5.69 Å². The van der Waals surface area contributed by atoms with Crippen LogP contribution < -0.4 is 5.73 Å². The monoisotopic (exact) mass is 280 g/mol. The highest BCUT2D eigenvalue weighted by atomic mass is 16.5. The second-order valence-corrected chi connectivity index (χ2v) is 4.98. The molecule has 2 N–H and O–H groups in total. The van der Waals surface area contributed by atoms with Gasteiger partial charge in [-0.05, 0) is 37.4 Å². The van der Waals surface area contributed by atoms with Gasteiger partial charge in [0, 0.05) is 39.6 Å². The van der Waals surface area contributed by atoms with Gasteiger partial charge in [0.2, 0.25) is 0 Å². The second kappa shape index (κ2) is 10.7. The molecular formula is C16H28N2O2. The maximum Gasteiger partial charge on any atom is 0.0589 e. The number of nitrogens with two attached hydrogens (primary N) is 1. The molecule has 0 saturated carbocycles. The minimum Gasteiger partial charge on any atom is -0.399 e. The summed E-state index contributed by atoms with van der Waals surface area (Å²) in [4.78, 5) is 2.43. The maximum atomic E-state index is 5.97. The molecule has 114 valence electrons. The van der Waals surface area contributed by atoms with E-state index in [-0.39, 0.29) is 0 Å². The van der Waals surface area contributed by atoms with Gasteiger partial charge in [-0.15, -0.1) is 0 Å². The Hall–Kier alpha value is -1.10. The molecule has 0 fully saturated rings. The summed E-state index contributed by atoms with van der Waals surface area (Å²) in [7, 11) is 3.50. The predicted molar refractivity (Wildman–Crippen MR) is 84.0 cm³/mol. The minimum absolute atomic E-state index is 0.778. The Kier molecular flexibility index (Phi) is 9.04. The second-order valence-electron chi connectivity index (χ2n) is 4.98. The molecule has 1 aromatic rings. The van der Waals surface area contributed by atoms with E-state index in [0.717, 1.165) is 57.8 Å². The standard InChI is InChI=1S/C16H28N2O2/c1-19-13-6-11-18(12-14-20-2)10-5-8-15-7-3-4-9-16(15)17/h3-4,7,9H,5-6,8,10-14,17H2,1-2H3. The molecule has 0 aliphatic carbocycles. The smallest absolute Gasteiger partial charge is 0.0589 e. The number of benzene rings is 1. The Morgan fingerprint density at radius 1 is 0.950 bits per heavy atom. The van der Waals surface area contributed by atoms with E-state index in [9.17, 15) is 0 Å². The Labute approximate surface area is 122 Å². The van der Waals surface area contributed by atoms with E-state index in [4.69, 9.17) is 15.2 Å². The van der Waals surface area contributed by atoms with Crippen LogP contribution in [0.5, 0.6) is 0 Å². The molecule has 20 heavy (non-hydrogen) atoms. The highest BCUT2D eigenvalue weighted by Gasteiger charge is 2.05. The van der Waals surface area contributed by atoms with Crippen molar-refractivity contribution in [3.05, 3.63) is 29.8 Å². The van der Waals surface area contributed by atoms with Crippen LogP contribution in [0.15, 0.2) is 24.3 Å². The average Bonchev–Trinajstić information content (AvgIpc) is 2.46. The molecule has 0 radical (unpaired) electrons. The molecule has 0 aliphatic heterocycles. The van der Waals surface area contributed by atoms with E-state index in [2.05, 4.69) is 11.0 Å². The third kappa shape index (κ3) is 6.89. The van der Waals surface area contributed by atoms with E-state index in [1.807, 2.05) is 18.2 Å². The van der Waals surface area contributed by atoms with E-state index < -0.39 is 0 Å². The van der Waals surface area contributed by atoms with Crippen molar-refractivity contribution in [2.75, 3.05) is 52.8 Å². The molecule has 1 rings (SSSR count). The fourth-order valence-corrected chi connectivity index (χ4v) is 2.24. The van der Waals surface area contributed by atoms with Crippen molar-refractivity contribution in [1.29, 1.82) is 0 Å². The van der Waals surface area contributed by atoms with Gasteiger partial charge in [0.25, 0.3) is 0 Å². The topological polar surface area (TPSA) is 47.7 Å². The van der Waals surface area contributed by atoms with Gasteiger partial charge in [-0.25, -0.2) is 0 Å². The molecule has 0 atom stereocenters. The Balaban J connectivity index is 2.31. The number of methoxy groups -OCH3 is 2. The number of ether oxygens (including phenoxy) is 2. The number of hydrogen-bond donors (Lipinski definition) is 1. The van der Waals surface area contributed by atoms with Crippen LogP contribution in [0.4, 0.5) is 5.69 Å². The van der Waals surface area contributed by atoms with Crippen molar-refractivity contribution in [2.24, 2.45) is 0 Å².